The first-order valence-corrected chi connectivity index (χ1v) is 9.15. The summed E-state index contributed by atoms with van der Waals surface area (Å²) < 4.78 is 52.5. The Morgan fingerprint density at radius 3 is 2.55 bits per heavy atom. The minimum absolute atomic E-state index is 0.00852. The minimum atomic E-state index is -4.68. The van der Waals surface area contributed by atoms with Crippen LogP contribution in [-0.2, 0) is 10.9 Å². The third kappa shape index (κ3) is 5.04. The monoisotopic (exact) mass is 409 g/mol. The van der Waals surface area contributed by atoms with Crippen LogP contribution < -0.4 is 21.1 Å². The number of rotatable bonds is 5. The van der Waals surface area contributed by atoms with Gasteiger partial charge in [-0.05, 0) is 37.1 Å². The van der Waals surface area contributed by atoms with Gasteiger partial charge >= 0.3 is 12.3 Å². The molecule has 6 nitrogen and oxygen atoms in total. The second-order valence-corrected chi connectivity index (χ2v) is 6.87. The highest BCUT2D eigenvalue weighted by Gasteiger charge is 2.41. The fraction of sp³-hybridized carbons (Fsp3) is 0.350. The van der Waals surface area contributed by atoms with Gasteiger partial charge in [-0.25, -0.2) is 4.79 Å². The normalized spacial score (nSPS) is 17.1. The molecular weight excluding hydrogens is 387 g/mol. The molecule has 1 aliphatic heterocycles. The predicted octanol–water partition coefficient (Wildman–Crippen LogP) is 4.39. The lowest BCUT2D eigenvalue weighted by Crippen LogP contribution is -2.39. The Kier molecular flexibility index (Phi) is 6.05. The maximum atomic E-state index is 14.0. The highest BCUT2D eigenvalue weighted by atomic mass is 19.4. The second kappa shape index (κ2) is 8.50. The summed E-state index contributed by atoms with van der Waals surface area (Å²) in [7, 11) is 0. The fourth-order valence-electron chi connectivity index (χ4n) is 3.51. The Labute approximate surface area is 166 Å². The number of para-hydroxylation sites is 1. The fourth-order valence-corrected chi connectivity index (χ4v) is 3.51. The first kappa shape index (κ1) is 20.6. The summed E-state index contributed by atoms with van der Waals surface area (Å²) in [6, 6.07) is 10.9. The molecule has 29 heavy (non-hydrogen) atoms. The van der Waals surface area contributed by atoms with Gasteiger partial charge in [0.1, 0.15) is 17.1 Å². The molecule has 3 rings (SSSR count). The Morgan fingerprint density at radius 1 is 1.17 bits per heavy atom. The summed E-state index contributed by atoms with van der Waals surface area (Å²) in [5.41, 5.74) is 9.94. The number of anilines is 2. The van der Waals surface area contributed by atoms with Crippen LogP contribution in [0.15, 0.2) is 42.5 Å². The van der Waals surface area contributed by atoms with Crippen molar-refractivity contribution in [2.75, 3.05) is 30.3 Å². The molecule has 0 radical (unpaired) electrons. The smallest absolute Gasteiger partial charge is 0.422 e. The number of nitrogen functional groups attached to an aromatic ring is 1. The first-order chi connectivity index (χ1) is 13.8. The van der Waals surface area contributed by atoms with Gasteiger partial charge in [0, 0.05) is 19.0 Å². The number of ether oxygens (including phenoxy) is 2. The van der Waals surface area contributed by atoms with Gasteiger partial charge in [0.15, 0.2) is 0 Å². The maximum Gasteiger partial charge on any atom is 0.422 e. The van der Waals surface area contributed by atoms with Crippen molar-refractivity contribution in [3.63, 3.8) is 0 Å². The van der Waals surface area contributed by atoms with Crippen LogP contribution in [0.3, 0.4) is 0 Å². The molecule has 1 atom stereocenters. The molecule has 0 aliphatic carbocycles. The molecule has 2 aromatic rings. The van der Waals surface area contributed by atoms with E-state index < -0.39 is 17.8 Å². The van der Waals surface area contributed by atoms with E-state index in [2.05, 4.69) is 0 Å². The molecule has 0 saturated carbocycles. The van der Waals surface area contributed by atoms with Gasteiger partial charge in [-0.1, -0.05) is 18.2 Å². The van der Waals surface area contributed by atoms with E-state index >= 15 is 0 Å². The molecule has 1 fully saturated rings. The Balaban J connectivity index is 1.96. The number of primary amides is 1. The number of carbonyl (C=O) groups excluding carboxylic acids is 1. The molecule has 0 spiro atoms. The van der Waals surface area contributed by atoms with E-state index in [9.17, 15) is 18.0 Å². The number of alkyl halides is 3. The van der Waals surface area contributed by atoms with Crippen LogP contribution in [0.1, 0.15) is 18.4 Å². The molecule has 4 N–H and O–H groups in total. The van der Waals surface area contributed by atoms with Crippen LogP contribution >= 0.6 is 0 Å². The average molecular weight is 409 g/mol. The van der Waals surface area contributed by atoms with E-state index in [1.807, 2.05) is 0 Å². The van der Waals surface area contributed by atoms with Gasteiger partial charge in [-0.2, -0.15) is 13.2 Å². The number of hydrogen-bond acceptors (Lipinski definition) is 5. The number of piperidine rings is 1. The van der Waals surface area contributed by atoms with Crippen molar-refractivity contribution in [2.45, 2.75) is 19.0 Å². The summed E-state index contributed by atoms with van der Waals surface area (Å²) in [6.07, 6.45) is -4.24. The largest absolute Gasteiger partial charge is 0.457 e. The van der Waals surface area contributed by atoms with Crippen molar-refractivity contribution in [1.82, 2.24) is 0 Å². The lowest BCUT2D eigenvalue weighted by atomic mass is 9.97. The minimum Gasteiger partial charge on any atom is -0.457 e. The predicted molar refractivity (Wildman–Crippen MR) is 103 cm³/mol. The molecular formula is C20H22F3N3O3. The van der Waals surface area contributed by atoms with Crippen LogP contribution in [0.25, 0.3) is 0 Å². The molecule has 156 valence electrons. The molecule has 0 bridgehead atoms. The van der Waals surface area contributed by atoms with Crippen LogP contribution in [0.4, 0.5) is 29.3 Å². The van der Waals surface area contributed by atoms with Crippen molar-refractivity contribution >= 4 is 17.5 Å². The van der Waals surface area contributed by atoms with Gasteiger partial charge in [0.25, 0.3) is 0 Å². The summed E-state index contributed by atoms with van der Waals surface area (Å²) in [4.78, 5) is 12.4. The van der Waals surface area contributed by atoms with Crippen LogP contribution in [0.5, 0.6) is 11.5 Å². The van der Waals surface area contributed by atoms with Gasteiger partial charge in [-0.15, -0.1) is 0 Å². The van der Waals surface area contributed by atoms with Gasteiger partial charge in [0.2, 0.25) is 0 Å². The van der Waals surface area contributed by atoms with E-state index in [1.54, 1.807) is 35.2 Å². The third-order valence-corrected chi connectivity index (χ3v) is 4.72. The summed E-state index contributed by atoms with van der Waals surface area (Å²) in [5.74, 6) is -0.168. The SMILES string of the molecule is NC(=O)OC[C@H]1CCCN(c2c(N)ccc(Oc3ccccc3)c2C(F)(F)F)C1. The zero-order chi connectivity index (χ0) is 21.0. The molecule has 1 heterocycles. The quantitative estimate of drug-likeness (QED) is 0.715. The number of amides is 1. The Morgan fingerprint density at radius 2 is 1.90 bits per heavy atom. The van der Waals surface area contributed by atoms with E-state index in [0.29, 0.717) is 25.1 Å². The molecule has 1 saturated heterocycles. The first-order valence-electron chi connectivity index (χ1n) is 9.15. The summed E-state index contributed by atoms with van der Waals surface area (Å²) >= 11 is 0. The third-order valence-electron chi connectivity index (χ3n) is 4.72. The van der Waals surface area contributed by atoms with E-state index in [1.165, 1.54) is 12.1 Å². The molecule has 9 heteroatoms. The number of hydrogen-bond donors (Lipinski definition) is 2. The van der Waals surface area contributed by atoms with Crippen molar-refractivity contribution in [2.24, 2.45) is 11.7 Å². The molecule has 1 amide bonds. The molecule has 0 aromatic heterocycles. The average Bonchev–Trinajstić information content (AvgIpc) is 2.67. The number of nitrogens with two attached hydrogens (primary N) is 2. The summed E-state index contributed by atoms with van der Waals surface area (Å²) in [5, 5.41) is 0. The van der Waals surface area contributed by atoms with Crippen molar-refractivity contribution in [1.29, 1.82) is 0 Å². The van der Waals surface area contributed by atoms with Gasteiger partial charge in [-0.3, -0.25) is 0 Å². The van der Waals surface area contributed by atoms with Crippen molar-refractivity contribution < 1.29 is 27.4 Å². The van der Waals surface area contributed by atoms with Crippen LogP contribution in [-0.4, -0.2) is 25.8 Å². The number of halogens is 3. The Hall–Kier alpha value is -3.10. The highest BCUT2D eigenvalue weighted by Crippen LogP contribution is 2.47. The zero-order valence-electron chi connectivity index (χ0n) is 15.6. The van der Waals surface area contributed by atoms with Crippen LogP contribution in [0, 0.1) is 5.92 Å². The lowest BCUT2D eigenvalue weighted by Gasteiger charge is -2.36. The highest BCUT2D eigenvalue weighted by molar-refractivity contribution is 5.76. The van der Waals surface area contributed by atoms with E-state index in [-0.39, 0.29) is 36.2 Å². The van der Waals surface area contributed by atoms with Crippen molar-refractivity contribution in [3.05, 3.63) is 48.0 Å². The number of nitrogens with zero attached hydrogens (tertiary/aromatic N) is 1. The van der Waals surface area contributed by atoms with Gasteiger partial charge in [0.05, 0.1) is 18.0 Å². The topological polar surface area (TPSA) is 90.8 Å². The van der Waals surface area contributed by atoms with Crippen molar-refractivity contribution in [3.8, 4) is 11.5 Å². The molecule has 1 aliphatic rings. The van der Waals surface area contributed by atoms with Gasteiger partial charge < -0.3 is 25.8 Å². The molecule has 0 unspecified atom stereocenters. The Bertz CT molecular complexity index is 859. The summed E-state index contributed by atoms with van der Waals surface area (Å²) in [6.45, 7) is 0.706. The van der Waals surface area contributed by atoms with E-state index in [0.717, 1.165) is 0 Å². The molecule has 2 aromatic carbocycles. The lowest BCUT2D eigenvalue weighted by molar-refractivity contribution is -0.138. The van der Waals surface area contributed by atoms with Crippen LogP contribution in [0.2, 0.25) is 0 Å². The zero-order valence-corrected chi connectivity index (χ0v) is 15.6. The number of benzene rings is 2. The standard InChI is InChI=1S/C20H22F3N3O3/c21-20(22,23)17-16(29-14-6-2-1-3-7-14)9-8-15(24)18(17)26-10-4-5-13(11-26)12-28-19(25)27/h1-3,6-9,13H,4-5,10-12,24H2,(H2,25,27)/t13-/m0/s1. The second-order valence-electron chi connectivity index (χ2n) is 6.87. The maximum absolute atomic E-state index is 14.0. The van der Waals surface area contributed by atoms with E-state index in [4.69, 9.17) is 20.9 Å². The number of carbonyl (C=O) groups is 1.